The number of hydrogen-bond donors (Lipinski definition) is 2. The summed E-state index contributed by atoms with van der Waals surface area (Å²) in [6.07, 6.45) is 6.58. The van der Waals surface area contributed by atoms with Gasteiger partial charge in [-0.25, -0.2) is 0 Å². The molecule has 1 unspecified atom stereocenters. The van der Waals surface area contributed by atoms with Gasteiger partial charge in [-0.05, 0) is 96.7 Å². The first-order chi connectivity index (χ1) is 26.7. The Balaban J connectivity index is 0.000000206. The highest BCUT2D eigenvalue weighted by Crippen LogP contribution is 2.42. The summed E-state index contributed by atoms with van der Waals surface area (Å²) in [7, 11) is 0. The van der Waals surface area contributed by atoms with E-state index in [1.165, 1.54) is 36.1 Å². The number of likely N-dealkylation sites (tertiary alicyclic amines) is 1. The molecule has 10 rings (SSSR count). The maximum atomic E-state index is 13.2. The molecular formula is C45H49N5O5. The quantitative estimate of drug-likeness (QED) is 0.268. The Kier molecular flexibility index (Phi) is 10.4. The van der Waals surface area contributed by atoms with Crippen molar-refractivity contribution in [3.63, 3.8) is 0 Å². The van der Waals surface area contributed by atoms with E-state index in [0.29, 0.717) is 43.9 Å². The summed E-state index contributed by atoms with van der Waals surface area (Å²) in [5, 5.41) is 11.5. The van der Waals surface area contributed by atoms with E-state index in [9.17, 15) is 24.3 Å². The van der Waals surface area contributed by atoms with Crippen LogP contribution in [-0.2, 0) is 46.9 Å². The number of rotatable bonds is 4. The van der Waals surface area contributed by atoms with Gasteiger partial charge in [0.25, 0.3) is 5.91 Å². The SMILES string of the molecule is O=C1CCC(N2Cc3cc4c(cc3C2=O)CN(CC(=O)N2CCC3(C2)CN(c2ccccc2)C3)C4)C(=O)N1.Oc1ccc2c(c1)CCCC2.c1ccccc1. The van der Waals surface area contributed by atoms with Crippen LogP contribution in [0.4, 0.5) is 5.69 Å². The van der Waals surface area contributed by atoms with Gasteiger partial charge < -0.3 is 19.8 Å². The number of hydrogen-bond acceptors (Lipinski definition) is 7. The monoisotopic (exact) mass is 739 g/mol. The van der Waals surface area contributed by atoms with Gasteiger partial charge in [-0.15, -0.1) is 0 Å². The van der Waals surface area contributed by atoms with Crippen LogP contribution in [0, 0.1) is 5.41 Å². The zero-order valence-electron chi connectivity index (χ0n) is 31.3. The molecule has 4 aromatic carbocycles. The van der Waals surface area contributed by atoms with Crippen molar-refractivity contribution >= 4 is 29.3 Å². The van der Waals surface area contributed by atoms with Crippen LogP contribution in [0.2, 0.25) is 0 Å². The molecule has 10 heteroatoms. The molecule has 1 atom stereocenters. The molecular weight excluding hydrogens is 691 g/mol. The fourth-order valence-electron chi connectivity index (χ4n) is 9.04. The third kappa shape index (κ3) is 8.01. The number of fused-ring (bicyclic) bond motifs is 3. The van der Waals surface area contributed by atoms with Gasteiger partial charge >= 0.3 is 0 Å². The number of phenols is 1. The Morgan fingerprint density at radius 1 is 0.727 bits per heavy atom. The summed E-state index contributed by atoms with van der Waals surface area (Å²) in [6.45, 7) is 5.74. The second kappa shape index (κ2) is 15.7. The molecule has 6 aliphatic rings. The first kappa shape index (κ1) is 36.5. The van der Waals surface area contributed by atoms with Gasteiger partial charge in [0.2, 0.25) is 17.7 Å². The molecule has 3 saturated heterocycles. The number of aryl methyl sites for hydroxylation is 2. The lowest BCUT2D eigenvalue weighted by Gasteiger charge is -2.49. The fourth-order valence-corrected chi connectivity index (χ4v) is 9.04. The number of para-hydroxylation sites is 1. The number of nitrogens with zero attached hydrogens (tertiary/aromatic N) is 4. The Morgan fingerprint density at radius 2 is 1.40 bits per heavy atom. The third-order valence-electron chi connectivity index (χ3n) is 12.0. The zero-order chi connectivity index (χ0) is 37.9. The minimum Gasteiger partial charge on any atom is -0.508 e. The molecule has 1 aliphatic carbocycles. The van der Waals surface area contributed by atoms with Gasteiger partial charge in [-0.3, -0.25) is 29.4 Å². The van der Waals surface area contributed by atoms with E-state index in [1.807, 2.05) is 65.6 Å². The lowest BCUT2D eigenvalue weighted by atomic mass is 9.79. The van der Waals surface area contributed by atoms with Gasteiger partial charge in [-0.1, -0.05) is 66.7 Å². The maximum absolute atomic E-state index is 13.2. The van der Waals surface area contributed by atoms with Crippen LogP contribution in [0.5, 0.6) is 5.75 Å². The molecule has 5 heterocycles. The third-order valence-corrected chi connectivity index (χ3v) is 12.0. The summed E-state index contributed by atoms with van der Waals surface area (Å²) >= 11 is 0. The Bertz CT molecular complexity index is 2040. The highest BCUT2D eigenvalue weighted by molar-refractivity contribution is 6.05. The van der Waals surface area contributed by atoms with Crippen LogP contribution in [-0.4, -0.2) is 82.2 Å². The lowest BCUT2D eigenvalue weighted by molar-refractivity contribution is -0.137. The molecule has 0 saturated carbocycles. The summed E-state index contributed by atoms with van der Waals surface area (Å²) in [4.78, 5) is 58.4. The normalized spacial score (nSPS) is 20.7. The molecule has 10 nitrogen and oxygen atoms in total. The van der Waals surface area contributed by atoms with E-state index in [0.717, 1.165) is 55.7 Å². The summed E-state index contributed by atoms with van der Waals surface area (Å²) in [5.41, 5.74) is 8.01. The van der Waals surface area contributed by atoms with Crippen molar-refractivity contribution in [3.8, 4) is 5.75 Å². The first-order valence-corrected chi connectivity index (χ1v) is 19.6. The predicted molar refractivity (Wildman–Crippen MR) is 210 cm³/mol. The molecule has 55 heavy (non-hydrogen) atoms. The van der Waals surface area contributed by atoms with E-state index in [2.05, 4.69) is 45.4 Å². The van der Waals surface area contributed by atoms with Gasteiger partial charge in [-0.2, -0.15) is 0 Å². The number of aromatic hydroxyl groups is 1. The molecule has 0 bridgehead atoms. The van der Waals surface area contributed by atoms with E-state index >= 15 is 0 Å². The van der Waals surface area contributed by atoms with Crippen LogP contribution >= 0.6 is 0 Å². The van der Waals surface area contributed by atoms with Gasteiger partial charge in [0.1, 0.15) is 11.8 Å². The molecule has 2 N–H and O–H groups in total. The second-order valence-corrected chi connectivity index (χ2v) is 15.9. The van der Waals surface area contributed by atoms with Crippen molar-refractivity contribution in [2.45, 2.75) is 70.6 Å². The fraction of sp³-hybridized carbons (Fsp3) is 0.378. The van der Waals surface area contributed by atoms with Crippen LogP contribution in [0.3, 0.4) is 0 Å². The maximum Gasteiger partial charge on any atom is 0.255 e. The average molecular weight is 740 g/mol. The largest absolute Gasteiger partial charge is 0.508 e. The molecule has 0 aromatic heterocycles. The van der Waals surface area contributed by atoms with Crippen molar-refractivity contribution < 1.29 is 24.3 Å². The van der Waals surface area contributed by atoms with Crippen LogP contribution in [0.25, 0.3) is 0 Å². The first-order valence-electron chi connectivity index (χ1n) is 19.6. The van der Waals surface area contributed by atoms with Gasteiger partial charge in [0.05, 0.1) is 6.54 Å². The Labute approximate surface area is 322 Å². The molecule has 3 fully saturated rings. The molecule has 4 amide bonds. The Hall–Kier alpha value is -5.48. The van der Waals surface area contributed by atoms with Crippen LogP contribution in [0.1, 0.15) is 70.3 Å². The van der Waals surface area contributed by atoms with E-state index in [-0.39, 0.29) is 29.6 Å². The van der Waals surface area contributed by atoms with Crippen molar-refractivity contribution in [1.82, 2.24) is 20.0 Å². The number of benzene rings is 4. The lowest BCUT2D eigenvalue weighted by Crippen LogP contribution is -2.58. The van der Waals surface area contributed by atoms with Crippen molar-refractivity contribution in [1.29, 1.82) is 0 Å². The van der Waals surface area contributed by atoms with Crippen LogP contribution < -0.4 is 10.2 Å². The summed E-state index contributed by atoms with van der Waals surface area (Å²) < 4.78 is 0. The average Bonchev–Trinajstić information content (AvgIpc) is 3.90. The topological polar surface area (TPSA) is 114 Å². The number of nitrogens with one attached hydrogen (secondary N) is 1. The van der Waals surface area contributed by atoms with E-state index in [1.54, 1.807) is 11.0 Å². The highest BCUT2D eigenvalue weighted by Gasteiger charge is 2.49. The Morgan fingerprint density at radius 3 is 2.11 bits per heavy atom. The number of phenolic OH excluding ortho intramolecular Hbond substituents is 1. The standard InChI is InChI=1S/C29H31N5O4.C10H12O.C6H6/c35-25-7-6-24(27(37)30-25)34-14-21-10-19-12-31(13-20(19)11-23(21)28(34)38)15-26(36)32-9-8-29(16-32)17-33(18-29)22-4-2-1-3-5-22;11-10-6-5-8-3-1-2-4-9(8)7-10;1-2-4-6-5-3-1/h1-5,10-11,24H,6-9,12-18H2,(H,30,35,37);5-7,11H,1-4H2;1-6H. The molecule has 5 aliphatic heterocycles. The van der Waals surface area contributed by atoms with Gasteiger partial charge in [0, 0.05) is 68.9 Å². The summed E-state index contributed by atoms with van der Waals surface area (Å²) in [5.74, 6) is -0.238. The molecule has 1 spiro atoms. The number of carbonyl (C=O) groups excluding carboxylic acids is 4. The van der Waals surface area contributed by atoms with Crippen LogP contribution in [0.15, 0.2) is 97.1 Å². The second-order valence-electron chi connectivity index (χ2n) is 15.9. The smallest absolute Gasteiger partial charge is 0.255 e. The number of anilines is 1. The number of carbonyl (C=O) groups is 4. The van der Waals surface area contributed by atoms with E-state index < -0.39 is 11.9 Å². The number of imide groups is 1. The molecule has 284 valence electrons. The van der Waals surface area contributed by atoms with Gasteiger partial charge in [0.15, 0.2) is 0 Å². The predicted octanol–water partition coefficient (Wildman–Crippen LogP) is 5.46. The minimum atomic E-state index is -0.601. The molecule has 4 aromatic rings. The summed E-state index contributed by atoms with van der Waals surface area (Å²) in [6, 6.07) is 31.6. The number of piperidine rings is 1. The van der Waals surface area contributed by atoms with Crippen molar-refractivity contribution in [2.24, 2.45) is 5.41 Å². The van der Waals surface area contributed by atoms with E-state index in [4.69, 9.17) is 0 Å². The zero-order valence-corrected chi connectivity index (χ0v) is 31.3. The number of amides is 4. The van der Waals surface area contributed by atoms with Crippen molar-refractivity contribution in [2.75, 3.05) is 37.6 Å². The highest BCUT2D eigenvalue weighted by atomic mass is 16.3. The molecule has 0 radical (unpaired) electrons. The minimum absolute atomic E-state index is 0.153. The van der Waals surface area contributed by atoms with Crippen molar-refractivity contribution in [3.05, 3.63) is 130 Å².